The summed E-state index contributed by atoms with van der Waals surface area (Å²) in [6, 6.07) is 8.83. The standard InChI is InChI=1S/C20H24N2O/c1-19-10-5-11-20(2,17(23)18-21-12-13-22-18)16(19)9-8-14-6-3-4-7-15(14)19/h3-4,6-7,12-13,16H,5,8-11H2,1-2H3,(H,21,22)/t16-,19+,20-/m1/s1. The van der Waals surface area contributed by atoms with E-state index in [1.54, 1.807) is 12.4 Å². The number of rotatable bonds is 2. The van der Waals surface area contributed by atoms with Crippen molar-refractivity contribution in [3.8, 4) is 0 Å². The lowest BCUT2D eigenvalue weighted by atomic mass is 9.49. The third kappa shape index (κ3) is 2.02. The highest BCUT2D eigenvalue weighted by Crippen LogP contribution is 2.57. The van der Waals surface area contributed by atoms with Crippen LogP contribution in [0, 0.1) is 11.3 Å². The molecule has 0 amide bonds. The maximum absolute atomic E-state index is 13.2. The fourth-order valence-electron chi connectivity index (χ4n) is 5.36. The number of hydrogen-bond donors (Lipinski definition) is 1. The number of benzene rings is 1. The van der Waals surface area contributed by atoms with Crippen LogP contribution in [-0.4, -0.2) is 15.8 Å². The van der Waals surface area contributed by atoms with Gasteiger partial charge in [0.05, 0.1) is 0 Å². The predicted molar refractivity (Wildman–Crippen MR) is 90.5 cm³/mol. The normalized spacial score (nSPS) is 32.9. The molecule has 23 heavy (non-hydrogen) atoms. The molecule has 0 radical (unpaired) electrons. The lowest BCUT2D eigenvalue weighted by Crippen LogP contribution is -2.52. The molecule has 3 atom stereocenters. The van der Waals surface area contributed by atoms with E-state index in [0.29, 0.717) is 11.7 Å². The number of carbonyl (C=O) groups excluding carboxylic acids is 1. The van der Waals surface area contributed by atoms with E-state index in [-0.39, 0.29) is 16.6 Å². The number of H-pyrrole nitrogens is 1. The Labute approximate surface area is 137 Å². The van der Waals surface area contributed by atoms with Gasteiger partial charge in [-0.05, 0) is 48.1 Å². The summed E-state index contributed by atoms with van der Waals surface area (Å²) >= 11 is 0. The number of Topliss-reactive ketones (excluding diaryl/α,β-unsaturated/α-hetero) is 1. The topological polar surface area (TPSA) is 45.8 Å². The van der Waals surface area contributed by atoms with Crippen molar-refractivity contribution in [1.82, 2.24) is 9.97 Å². The van der Waals surface area contributed by atoms with Crippen LogP contribution in [0.1, 0.15) is 61.3 Å². The second-order valence-electron chi connectivity index (χ2n) is 7.70. The Hall–Kier alpha value is -1.90. The van der Waals surface area contributed by atoms with E-state index in [4.69, 9.17) is 0 Å². The van der Waals surface area contributed by atoms with Crippen molar-refractivity contribution >= 4 is 5.78 Å². The number of carbonyl (C=O) groups is 1. The minimum Gasteiger partial charge on any atom is -0.342 e. The van der Waals surface area contributed by atoms with Crippen LogP contribution in [0.4, 0.5) is 0 Å². The van der Waals surface area contributed by atoms with Gasteiger partial charge in [0.25, 0.3) is 0 Å². The summed E-state index contributed by atoms with van der Waals surface area (Å²) in [6.07, 6.45) is 8.84. The van der Waals surface area contributed by atoms with Crippen molar-refractivity contribution in [2.75, 3.05) is 0 Å². The Morgan fingerprint density at radius 3 is 2.87 bits per heavy atom. The van der Waals surface area contributed by atoms with Crippen LogP contribution in [-0.2, 0) is 11.8 Å². The van der Waals surface area contributed by atoms with E-state index in [1.165, 1.54) is 17.5 Å². The quantitative estimate of drug-likeness (QED) is 0.841. The molecule has 0 saturated heterocycles. The van der Waals surface area contributed by atoms with Gasteiger partial charge in [-0.15, -0.1) is 0 Å². The molecular weight excluding hydrogens is 284 g/mol. The fourth-order valence-corrected chi connectivity index (χ4v) is 5.36. The van der Waals surface area contributed by atoms with Gasteiger partial charge in [0.2, 0.25) is 5.78 Å². The van der Waals surface area contributed by atoms with Crippen molar-refractivity contribution in [3.05, 3.63) is 53.6 Å². The molecule has 1 N–H and O–H groups in total. The second-order valence-corrected chi connectivity index (χ2v) is 7.70. The van der Waals surface area contributed by atoms with Gasteiger partial charge in [0.15, 0.2) is 5.82 Å². The number of aromatic amines is 1. The van der Waals surface area contributed by atoms with Gasteiger partial charge in [-0.2, -0.15) is 0 Å². The van der Waals surface area contributed by atoms with Gasteiger partial charge < -0.3 is 4.98 Å². The lowest BCUT2D eigenvalue weighted by Gasteiger charge is -2.54. The van der Waals surface area contributed by atoms with Crippen LogP contribution in [0.2, 0.25) is 0 Å². The van der Waals surface area contributed by atoms with Crippen molar-refractivity contribution in [1.29, 1.82) is 0 Å². The second kappa shape index (κ2) is 5.05. The SMILES string of the molecule is C[C@@]1(C(=O)c2ncc[nH]2)CCC[C@@]2(C)c3ccccc3CC[C@@H]12. The molecule has 4 rings (SSSR count). The first-order valence-electron chi connectivity index (χ1n) is 8.68. The highest BCUT2D eigenvalue weighted by molar-refractivity contribution is 5.97. The van der Waals surface area contributed by atoms with E-state index >= 15 is 0 Å². The van der Waals surface area contributed by atoms with Gasteiger partial charge in [-0.3, -0.25) is 4.79 Å². The van der Waals surface area contributed by atoms with Gasteiger partial charge in [-0.1, -0.05) is 44.5 Å². The number of fused-ring (bicyclic) bond motifs is 3. The monoisotopic (exact) mass is 308 g/mol. The van der Waals surface area contributed by atoms with Gasteiger partial charge in [-0.25, -0.2) is 4.98 Å². The molecule has 3 nitrogen and oxygen atoms in total. The fraction of sp³-hybridized carbons (Fsp3) is 0.500. The zero-order valence-electron chi connectivity index (χ0n) is 13.9. The molecule has 1 heterocycles. The summed E-state index contributed by atoms with van der Waals surface area (Å²) in [7, 11) is 0. The predicted octanol–water partition coefficient (Wildman–Crippen LogP) is 4.30. The van der Waals surface area contributed by atoms with Crippen molar-refractivity contribution in [2.45, 2.75) is 51.4 Å². The van der Waals surface area contributed by atoms with Crippen molar-refractivity contribution < 1.29 is 4.79 Å². The first kappa shape index (κ1) is 14.7. The van der Waals surface area contributed by atoms with Crippen molar-refractivity contribution in [3.63, 3.8) is 0 Å². The van der Waals surface area contributed by atoms with Crippen LogP contribution in [0.5, 0.6) is 0 Å². The Balaban J connectivity index is 1.79. The van der Waals surface area contributed by atoms with Crippen LogP contribution >= 0.6 is 0 Å². The summed E-state index contributed by atoms with van der Waals surface area (Å²) in [6.45, 7) is 4.55. The van der Waals surface area contributed by atoms with E-state index in [2.05, 4.69) is 48.1 Å². The van der Waals surface area contributed by atoms with Crippen LogP contribution in [0.15, 0.2) is 36.7 Å². The molecule has 1 fully saturated rings. The minimum atomic E-state index is -0.321. The minimum absolute atomic E-state index is 0.101. The van der Waals surface area contributed by atoms with Gasteiger partial charge in [0, 0.05) is 17.8 Å². The van der Waals surface area contributed by atoms with E-state index in [9.17, 15) is 4.79 Å². The highest BCUT2D eigenvalue weighted by Gasteiger charge is 2.55. The molecule has 1 aromatic carbocycles. The van der Waals surface area contributed by atoms with E-state index in [0.717, 1.165) is 25.7 Å². The van der Waals surface area contributed by atoms with Crippen LogP contribution in [0.3, 0.4) is 0 Å². The number of imidazole rings is 1. The highest BCUT2D eigenvalue weighted by atomic mass is 16.1. The first-order valence-corrected chi connectivity index (χ1v) is 8.68. The zero-order valence-corrected chi connectivity index (χ0v) is 13.9. The molecule has 0 spiro atoms. The van der Waals surface area contributed by atoms with Crippen molar-refractivity contribution in [2.24, 2.45) is 11.3 Å². The summed E-state index contributed by atoms with van der Waals surface area (Å²) in [5, 5.41) is 0. The molecule has 1 saturated carbocycles. The summed E-state index contributed by atoms with van der Waals surface area (Å²) in [4.78, 5) is 20.5. The largest absolute Gasteiger partial charge is 0.342 e. The Morgan fingerprint density at radius 2 is 2.09 bits per heavy atom. The van der Waals surface area contributed by atoms with Gasteiger partial charge >= 0.3 is 0 Å². The lowest BCUT2D eigenvalue weighted by molar-refractivity contribution is 0.0237. The number of nitrogens with one attached hydrogen (secondary N) is 1. The number of ketones is 1. The molecule has 2 aliphatic rings. The number of aromatic nitrogens is 2. The van der Waals surface area contributed by atoms with E-state index < -0.39 is 0 Å². The third-order valence-electron chi connectivity index (χ3n) is 6.50. The molecule has 0 unspecified atom stereocenters. The summed E-state index contributed by atoms with van der Waals surface area (Å²) in [5.74, 6) is 1.10. The maximum Gasteiger partial charge on any atom is 0.204 e. The zero-order chi connectivity index (χ0) is 16.1. The van der Waals surface area contributed by atoms with Crippen LogP contribution in [0.25, 0.3) is 0 Å². The van der Waals surface area contributed by atoms with Gasteiger partial charge in [0.1, 0.15) is 0 Å². The average Bonchev–Trinajstić information content (AvgIpc) is 3.08. The summed E-state index contributed by atoms with van der Waals surface area (Å²) in [5.41, 5.74) is 2.72. The molecule has 120 valence electrons. The molecule has 0 aliphatic heterocycles. The average molecular weight is 308 g/mol. The molecule has 2 aliphatic carbocycles. The number of aryl methyl sites for hydroxylation is 1. The third-order valence-corrected chi connectivity index (χ3v) is 6.50. The van der Waals surface area contributed by atoms with Crippen LogP contribution < -0.4 is 0 Å². The molecule has 1 aromatic heterocycles. The Morgan fingerprint density at radius 1 is 1.26 bits per heavy atom. The Kier molecular flexibility index (Phi) is 3.22. The van der Waals surface area contributed by atoms with E-state index in [1.807, 2.05) is 0 Å². The number of hydrogen-bond acceptors (Lipinski definition) is 2. The maximum atomic E-state index is 13.2. The molecular formula is C20H24N2O. The summed E-state index contributed by atoms with van der Waals surface area (Å²) < 4.78 is 0. The smallest absolute Gasteiger partial charge is 0.204 e. The molecule has 0 bridgehead atoms. The number of nitrogens with zero attached hydrogens (tertiary/aromatic N) is 1. The molecule has 2 aromatic rings. The Bertz CT molecular complexity index is 736. The molecule has 3 heteroatoms. The first-order chi connectivity index (χ1) is 11.1.